The maximum Gasteiger partial charge on any atom is 0.270 e. The first-order valence-electron chi connectivity index (χ1n) is 4.50. The average Bonchev–Trinajstić information content (AvgIpc) is 2.25. The molecule has 78 valence electrons. The van der Waals surface area contributed by atoms with E-state index in [2.05, 4.69) is 0 Å². The van der Waals surface area contributed by atoms with Gasteiger partial charge in [0.05, 0.1) is 10.5 Å². The van der Waals surface area contributed by atoms with Crippen molar-refractivity contribution in [3.05, 3.63) is 33.9 Å². The lowest BCUT2D eigenvalue weighted by atomic mass is 10.2. The molecule has 0 aliphatic heterocycles. The van der Waals surface area contributed by atoms with Gasteiger partial charge in [-0.2, -0.15) is 5.26 Å². The van der Waals surface area contributed by atoms with Gasteiger partial charge in [0.15, 0.2) is 0 Å². The summed E-state index contributed by atoms with van der Waals surface area (Å²) in [5.41, 5.74) is 0.343. The Bertz CT molecular complexity index is 412. The Morgan fingerprint density at radius 3 is 2.87 bits per heavy atom. The molecule has 1 aromatic carbocycles. The van der Waals surface area contributed by atoms with Gasteiger partial charge in [-0.05, 0) is 18.2 Å². The van der Waals surface area contributed by atoms with Gasteiger partial charge < -0.3 is 0 Å². The molecule has 0 fully saturated rings. The molecule has 0 spiro atoms. The van der Waals surface area contributed by atoms with E-state index >= 15 is 0 Å². The molecule has 0 radical (unpaired) electrons. The Morgan fingerprint density at radius 2 is 2.33 bits per heavy atom. The molecule has 0 aliphatic carbocycles. The first-order valence-corrected chi connectivity index (χ1v) is 5.49. The summed E-state index contributed by atoms with van der Waals surface area (Å²) in [4.78, 5) is 10.8. The lowest BCUT2D eigenvalue weighted by Crippen LogP contribution is -1.90. The molecule has 0 atom stereocenters. The Hall–Kier alpha value is -1.54. The summed E-state index contributed by atoms with van der Waals surface area (Å²) in [6, 6.07) is 6.36. The van der Waals surface area contributed by atoms with Crippen molar-refractivity contribution >= 4 is 17.4 Å². The molecule has 4 nitrogen and oxygen atoms in total. The number of non-ortho nitro benzene ring substituents is 1. The molecular weight excluding hydrogens is 212 g/mol. The van der Waals surface area contributed by atoms with Gasteiger partial charge in [0.2, 0.25) is 0 Å². The normalized spacial score (nSPS) is 9.60. The fourth-order valence-electron chi connectivity index (χ4n) is 1.06. The fraction of sp³-hybridized carbons (Fsp3) is 0.300. The van der Waals surface area contributed by atoms with Crippen LogP contribution in [0.3, 0.4) is 0 Å². The van der Waals surface area contributed by atoms with Crippen LogP contribution >= 0.6 is 11.8 Å². The number of rotatable bonds is 4. The smallest absolute Gasteiger partial charge is 0.258 e. The lowest BCUT2D eigenvalue weighted by Gasteiger charge is -2.01. The molecule has 0 bridgehead atoms. The van der Waals surface area contributed by atoms with E-state index in [1.807, 2.05) is 13.0 Å². The van der Waals surface area contributed by atoms with Crippen molar-refractivity contribution in [2.45, 2.75) is 18.2 Å². The summed E-state index contributed by atoms with van der Waals surface area (Å²) >= 11 is 1.55. The third-order valence-electron chi connectivity index (χ3n) is 1.76. The second-order valence-corrected chi connectivity index (χ2v) is 4.03. The highest BCUT2D eigenvalue weighted by Crippen LogP contribution is 2.26. The minimum absolute atomic E-state index is 0.0348. The van der Waals surface area contributed by atoms with Crippen molar-refractivity contribution in [3.63, 3.8) is 0 Å². The molecule has 0 saturated carbocycles. The van der Waals surface area contributed by atoms with Crippen LogP contribution in [0, 0.1) is 21.4 Å². The Balaban J connectivity index is 3.00. The van der Waals surface area contributed by atoms with Crippen molar-refractivity contribution < 1.29 is 4.92 Å². The maximum absolute atomic E-state index is 10.5. The van der Waals surface area contributed by atoms with Crippen LogP contribution in [-0.4, -0.2) is 10.7 Å². The molecule has 0 aromatic heterocycles. The van der Waals surface area contributed by atoms with E-state index in [1.54, 1.807) is 17.8 Å². The highest BCUT2D eigenvalue weighted by atomic mass is 32.2. The zero-order valence-electron chi connectivity index (χ0n) is 8.27. The van der Waals surface area contributed by atoms with Crippen LogP contribution < -0.4 is 0 Å². The number of nitro groups is 1. The molecule has 1 aromatic rings. The Morgan fingerprint density at radius 1 is 1.60 bits per heavy atom. The lowest BCUT2D eigenvalue weighted by molar-refractivity contribution is -0.384. The molecular formula is C10H10N2O2S. The van der Waals surface area contributed by atoms with E-state index in [0.29, 0.717) is 5.56 Å². The zero-order valence-corrected chi connectivity index (χ0v) is 9.08. The molecule has 1 rings (SSSR count). The number of thioether (sulfide) groups is 1. The number of nitro benzene ring substituents is 1. The highest BCUT2D eigenvalue weighted by molar-refractivity contribution is 7.99. The molecule has 0 heterocycles. The van der Waals surface area contributed by atoms with Gasteiger partial charge in [0.1, 0.15) is 6.07 Å². The second-order valence-electron chi connectivity index (χ2n) is 2.90. The summed E-state index contributed by atoms with van der Waals surface area (Å²) in [6.45, 7) is 2.05. The highest BCUT2D eigenvalue weighted by Gasteiger charge is 2.10. The Labute approximate surface area is 92.1 Å². The average molecular weight is 222 g/mol. The van der Waals surface area contributed by atoms with Gasteiger partial charge in [-0.25, -0.2) is 0 Å². The number of nitrogens with zero attached hydrogens (tertiary/aromatic N) is 2. The number of nitriles is 1. The molecule has 0 N–H and O–H groups in total. The minimum atomic E-state index is -0.491. The SMILES string of the molecule is CCCSc1ccc([N+](=O)[O-])cc1C#N. The molecule has 5 heteroatoms. The van der Waals surface area contributed by atoms with Crippen molar-refractivity contribution in [1.82, 2.24) is 0 Å². The van der Waals surface area contributed by atoms with Gasteiger partial charge in [-0.1, -0.05) is 6.92 Å². The van der Waals surface area contributed by atoms with E-state index in [0.717, 1.165) is 17.1 Å². The predicted octanol–water partition coefficient (Wildman–Crippen LogP) is 2.97. The van der Waals surface area contributed by atoms with E-state index < -0.39 is 4.92 Å². The van der Waals surface area contributed by atoms with E-state index in [-0.39, 0.29) is 5.69 Å². The van der Waals surface area contributed by atoms with Gasteiger partial charge in [0.25, 0.3) is 5.69 Å². The standard InChI is InChI=1S/C10H10N2O2S/c1-2-5-15-10-4-3-9(12(13)14)6-8(10)7-11/h3-4,6H,2,5H2,1H3. The molecule has 0 saturated heterocycles. The van der Waals surface area contributed by atoms with Crippen molar-refractivity contribution in [2.75, 3.05) is 5.75 Å². The van der Waals surface area contributed by atoms with Crippen molar-refractivity contribution in [2.24, 2.45) is 0 Å². The fourth-order valence-corrected chi connectivity index (χ4v) is 1.91. The van der Waals surface area contributed by atoms with E-state index in [9.17, 15) is 10.1 Å². The number of hydrogen-bond donors (Lipinski definition) is 0. The van der Waals surface area contributed by atoms with Crippen LogP contribution in [0.2, 0.25) is 0 Å². The molecule has 0 aliphatic rings. The largest absolute Gasteiger partial charge is 0.270 e. The van der Waals surface area contributed by atoms with Crippen molar-refractivity contribution in [1.29, 1.82) is 5.26 Å². The van der Waals surface area contributed by atoms with Crippen LogP contribution in [0.1, 0.15) is 18.9 Å². The third-order valence-corrected chi connectivity index (χ3v) is 3.04. The van der Waals surface area contributed by atoms with Crippen LogP contribution in [0.4, 0.5) is 5.69 Å². The van der Waals surface area contributed by atoms with Crippen LogP contribution in [0.5, 0.6) is 0 Å². The van der Waals surface area contributed by atoms with Gasteiger partial charge >= 0.3 is 0 Å². The van der Waals surface area contributed by atoms with Crippen LogP contribution in [-0.2, 0) is 0 Å². The van der Waals surface area contributed by atoms with Gasteiger partial charge in [0, 0.05) is 17.0 Å². The van der Waals surface area contributed by atoms with Gasteiger partial charge in [-0.15, -0.1) is 11.8 Å². The first kappa shape index (κ1) is 11.5. The van der Waals surface area contributed by atoms with E-state index in [1.165, 1.54) is 12.1 Å². The van der Waals surface area contributed by atoms with E-state index in [4.69, 9.17) is 5.26 Å². The third kappa shape index (κ3) is 2.96. The number of hydrogen-bond acceptors (Lipinski definition) is 4. The molecule has 15 heavy (non-hydrogen) atoms. The summed E-state index contributed by atoms with van der Waals surface area (Å²) in [7, 11) is 0. The molecule has 0 unspecified atom stereocenters. The summed E-state index contributed by atoms with van der Waals surface area (Å²) < 4.78 is 0. The topological polar surface area (TPSA) is 66.9 Å². The van der Waals surface area contributed by atoms with Crippen molar-refractivity contribution in [3.8, 4) is 6.07 Å². The quantitative estimate of drug-likeness (QED) is 0.446. The van der Waals surface area contributed by atoms with Crippen LogP contribution in [0.25, 0.3) is 0 Å². The first-order chi connectivity index (χ1) is 7.19. The zero-order chi connectivity index (χ0) is 11.3. The monoisotopic (exact) mass is 222 g/mol. The van der Waals surface area contributed by atoms with Gasteiger partial charge in [-0.3, -0.25) is 10.1 Å². The number of benzene rings is 1. The summed E-state index contributed by atoms with van der Waals surface area (Å²) in [5, 5.41) is 19.3. The molecule has 0 amide bonds. The van der Waals surface area contributed by atoms with Crippen LogP contribution in [0.15, 0.2) is 23.1 Å². The summed E-state index contributed by atoms with van der Waals surface area (Å²) in [6.07, 6.45) is 1.01. The predicted molar refractivity (Wildman–Crippen MR) is 58.8 cm³/mol. The minimum Gasteiger partial charge on any atom is -0.258 e. The Kier molecular flexibility index (Phi) is 4.13. The second kappa shape index (κ2) is 5.37. The summed E-state index contributed by atoms with van der Waals surface area (Å²) in [5.74, 6) is 0.909. The maximum atomic E-state index is 10.5.